The molecule has 0 N–H and O–H groups in total. The summed E-state index contributed by atoms with van der Waals surface area (Å²) in [5.41, 5.74) is 2.28. The Kier molecular flexibility index (Phi) is 2.61. The average Bonchev–Trinajstić information content (AvgIpc) is 2.68. The van der Waals surface area contributed by atoms with Gasteiger partial charge in [-0.05, 0) is 25.3 Å². The second kappa shape index (κ2) is 3.75. The molecule has 4 heteroatoms. The number of halogens is 1. The summed E-state index contributed by atoms with van der Waals surface area (Å²) in [6.45, 7) is 4.91. The van der Waals surface area contributed by atoms with Crippen LogP contribution in [-0.2, 0) is 6.54 Å². The van der Waals surface area contributed by atoms with Crippen LogP contribution in [0.4, 0.5) is 0 Å². The summed E-state index contributed by atoms with van der Waals surface area (Å²) in [7, 11) is 0. The van der Waals surface area contributed by atoms with Gasteiger partial charge in [-0.25, -0.2) is 4.98 Å². The second-order valence-corrected chi connectivity index (χ2v) is 4.64. The molecule has 0 amide bonds. The SMILES string of the molecule is Cc1ncn(Cc2sccc2Cl)c1C. The highest BCUT2D eigenvalue weighted by Gasteiger charge is 2.06. The number of hydrogen-bond donors (Lipinski definition) is 0. The number of thiophene rings is 1. The van der Waals surface area contributed by atoms with E-state index < -0.39 is 0 Å². The Morgan fingerprint density at radius 3 is 2.79 bits per heavy atom. The standard InChI is InChI=1S/C10H11ClN2S/c1-7-8(2)13(6-12-7)5-10-9(11)3-4-14-10/h3-4,6H,5H2,1-2H3. The smallest absolute Gasteiger partial charge is 0.0954 e. The topological polar surface area (TPSA) is 17.8 Å². The van der Waals surface area contributed by atoms with Crippen LogP contribution in [0.5, 0.6) is 0 Å². The van der Waals surface area contributed by atoms with E-state index in [1.165, 1.54) is 10.6 Å². The average molecular weight is 227 g/mol. The minimum atomic E-state index is 0.823. The fraction of sp³-hybridized carbons (Fsp3) is 0.300. The highest BCUT2D eigenvalue weighted by molar-refractivity contribution is 7.10. The normalized spacial score (nSPS) is 10.8. The van der Waals surface area contributed by atoms with Gasteiger partial charge in [-0.3, -0.25) is 0 Å². The van der Waals surface area contributed by atoms with Crippen LogP contribution in [0.3, 0.4) is 0 Å². The molecule has 0 atom stereocenters. The fourth-order valence-corrected chi connectivity index (χ4v) is 2.39. The van der Waals surface area contributed by atoms with E-state index in [-0.39, 0.29) is 0 Å². The van der Waals surface area contributed by atoms with Gasteiger partial charge < -0.3 is 4.57 Å². The van der Waals surface area contributed by atoms with E-state index in [1.807, 2.05) is 24.7 Å². The molecule has 0 aliphatic heterocycles. The highest BCUT2D eigenvalue weighted by Crippen LogP contribution is 2.23. The van der Waals surface area contributed by atoms with Crippen molar-refractivity contribution in [3.8, 4) is 0 Å². The van der Waals surface area contributed by atoms with E-state index in [0.29, 0.717) is 0 Å². The first-order chi connectivity index (χ1) is 6.68. The van der Waals surface area contributed by atoms with E-state index in [2.05, 4.69) is 16.5 Å². The number of hydrogen-bond acceptors (Lipinski definition) is 2. The molecule has 0 aliphatic rings. The fourth-order valence-electron chi connectivity index (χ4n) is 1.30. The summed E-state index contributed by atoms with van der Waals surface area (Å²) in [6, 6.07) is 1.93. The molecule has 0 bridgehead atoms. The van der Waals surface area contributed by atoms with E-state index in [4.69, 9.17) is 11.6 Å². The van der Waals surface area contributed by atoms with E-state index in [0.717, 1.165) is 17.3 Å². The zero-order valence-corrected chi connectivity index (χ0v) is 9.69. The predicted molar refractivity (Wildman–Crippen MR) is 60.1 cm³/mol. The number of nitrogens with zero attached hydrogens (tertiary/aromatic N) is 2. The Hall–Kier alpha value is -0.800. The van der Waals surface area contributed by atoms with Crippen molar-refractivity contribution in [2.45, 2.75) is 20.4 Å². The van der Waals surface area contributed by atoms with Gasteiger partial charge in [0.05, 0.1) is 23.6 Å². The molecule has 14 heavy (non-hydrogen) atoms. The van der Waals surface area contributed by atoms with E-state index in [9.17, 15) is 0 Å². The van der Waals surface area contributed by atoms with Gasteiger partial charge in [0.25, 0.3) is 0 Å². The third-order valence-electron chi connectivity index (χ3n) is 2.35. The molecule has 74 valence electrons. The predicted octanol–water partition coefficient (Wildman–Crippen LogP) is 3.26. The van der Waals surface area contributed by atoms with Gasteiger partial charge in [-0.1, -0.05) is 11.6 Å². The summed E-state index contributed by atoms with van der Waals surface area (Å²) in [5, 5.41) is 2.86. The molecular weight excluding hydrogens is 216 g/mol. The van der Waals surface area contributed by atoms with Crippen molar-refractivity contribution in [1.82, 2.24) is 9.55 Å². The van der Waals surface area contributed by atoms with Crippen LogP contribution in [0.1, 0.15) is 16.3 Å². The maximum Gasteiger partial charge on any atom is 0.0954 e. The van der Waals surface area contributed by atoms with Gasteiger partial charge in [0, 0.05) is 10.6 Å². The van der Waals surface area contributed by atoms with Crippen molar-refractivity contribution < 1.29 is 0 Å². The Morgan fingerprint density at radius 2 is 2.29 bits per heavy atom. The monoisotopic (exact) mass is 226 g/mol. The maximum absolute atomic E-state index is 6.03. The van der Waals surface area contributed by atoms with Gasteiger partial charge in [0.15, 0.2) is 0 Å². The van der Waals surface area contributed by atoms with E-state index >= 15 is 0 Å². The number of rotatable bonds is 2. The molecule has 0 aliphatic carbocycles. The van der Waals surface area contributed by atoms with E-state index in [1.54, 1.807) is 11.3 Å². The minimum Gasteiger partial charge on any atom is -0.329 e. The lowest BCUT2D eigenvalue weighted by atomic mass is 10.3. The molecule has 0 unspecified atom stereocenters. The first-order valence-corrected chi connectivity index (χ1v) is 5.64. The van der Waals surface area contributed by atoms with Crippen LogP contribution in [0.25, 0.3) is 0 Å². The molecule has 0 fully saturated rings. The van der Waals surface area contributed by atoms with Crippen molar-refractivity contribution in [3.63, 3.8) is 0 Å². The maximum atomic E-state index is 6.03. The molecule has 2 nitrogen and oxygen atoms in total. The Morgan fingerprint density at radius 1 is 1.50 bits per heavy atom. The van der Waals surface area contributed by atoms with Crippen LogP contribution < -0.4 is 0 Å². The summed E-state index contributed by atoms with van der Waals surface area (Å²) < 4.78 is 2.12. The molecule has 0 aromatic carbocycles. The molecule has 0 spiro atoms. The Labute approximate surface area is 92.2 Å². The zero-order chi connectivity index (χ0) is 10.1. The molecule has 0 saturated heterocycles. The molecule has 0 radical (unpaired) electrons. The summed E-state index contributed by atoms with van der Waals surface area (Å²) in [4.78, 5) is 5.44. The second-order valence-electron chi connectivity index (χ2n) is 3.24. The van der Waals surface area contributed by atoms with Crippen LogP contribution >= 0.6 is 22.9 Å². The largest absolute Gasteiger partial charge is 0.329 e. The van der Waals surface area contributed by atoms with Crippen LogP contribution in [0.2, 0.25) is 5.02 Å². The summed E-state index contributed by atoms with van der Waals surface area (Å²) in [5.74, 6) is 0. The van der Waals surface area contributed by atoms with Crippen molar-refractivity contribution in [2.24, 2.45) is 0 Å². The van der Waals surface area contributed by atoms with Gasteiger partial charge in [-0.2, -0.15) is 0 Å². The first-order valence-electron chi connectivity index (χ1n) is 4.38. The quantitative estimate of drug-likeness (QED) is 0.769. The molecule has 2 heterocycles. The van der Waals surface area contributed by atoms with Gasteiger partial charge in [0.1, 0.15) is 0 Å². The van der Waals surface area contributed by atoms with Crippen molar-refractivity contribution in [1.29, 1.82) is 0 Å². The lowest BCUT2D eigenvalue weighted by molar-refractivity contribution is 0.780. The number of imidazole rings is 1. The van der Waals surface area contributed by atoms with Gasteiger partial charge >= 0.3 is 0 Å². The Balaban J connectivity index is 2.27. The third kappa shape index (κ3) is 1.70. The van der Waals surface area contributed by atoms with Gasteiger partial charge in [0.2, 0.25) is 0 Å². The molecular formula is C10H11ClN2S. The van der Waals surface area contributed by atoms with Crippen LogP contribution in [0, 0.1) is 13.8 Å². The van der Waals surface area contributed by atoms with Crippen LogP contribution in [-0.4, -0.2) is 9.55 Å². The lowest BCUT2D eigenvalue weighted by Crippen LogP contribution is -1.99. The van der Waals surface area contributed by atoms with Crippen molar-refractivity contribution >= 4 is 22.9 Å². The molecule has 2 rings (SSSR count). The first kappa shape index (κ1) is 9.74. The zero-order valence-electron chi connectivity index (χ0n) is 8.12. The number of aromatic nitrogens is 2. The summed E-state index contributed by atoms with van der Waals surface area (Å²) >= 11 is 7.71. The molecule has 0 saturated carbocycles. The number of aryl methyl sites for hydroxylation is 1. The minimum absolute atomic E-state index is 0.823. The van der Waals surface area contributed by atoms with Crippen LogP contribution in [0.15, 0.2) is 17.8 Å². The van der Waals surface area contributed by atoms with Gasteiger partial charge in [-0.15, -0.1) is 11.3 Å². The molecule has 2 aromatic heterocycles. The molecule has 2 aromatic rings. The third-order valence-corrected chi connectivity index (χ3v) is 3.72. The van der Waals surface area contributed by atoms with Crippen molar-refractivity contribution in [3.05, 3.63) is 39.1 Å². The van der Waals surface area contributed by atoms with Crippen molar-refractivity contribution in [2.75, 3.05) is 0 Å². The highest BCUT2D eigenvalue weighted by atomic mass is 35.5. The lowest BCUT2D eigenvalue weighted by Gasteiger charge is -2.03. The Bertz CT molecular complexity index is 445. The summed E-state index contributed by atoms with van der Waals surface area (Å²) in [6.07, 6.45) is 1.86.